The van der Waals surface area contributed by atoms with Crippen molar-refractivity contribution in [1.82, 2.24) is 9.97 Å². The van der Waals surface area contributed by atoms with Gasteiger partial charge in [0.25, 0.3) is 5.56 Å². The first-order chi connectivity index (χ1) is 14.1. The van der Waals surface area contributed by atoms with Crippen LogP contribution in [0.15, 0.2) is 41.2 Å². The van der Waals surface area contributed by atoms with Gasteiger partial charge in [0.1, 0.15) is 11.7 Å². The summed E-state index contributed by atoms with van der Waals surface area (Å²) in [4.78, 5) is 35.1. The second-order valence-corrected chi connectivity index (χ2v) is 7.58. The maximum absolute atomic E-state index is 13.0. The first kappa shape index (κ1) is 18.9. The third-order valence-corrected chi connectivity index (χ3v) is 5.67. The lowest BCUT2D eigenvalue weighted by atomic mass is 9.83. The minimum Gasteiger partial charge on any atom is -0.340 e. The SMILES string of the molecule is CC1CCCCN1c1nc2c(c(=O)[nH]1)C(/C=C/c1ccccc1)C(C#N)C(=O)N2. The zero-order valence-corrected chi connectivity index (χ0v) is 16.3. The maximum Gasteiger partial charge on any atom is 0.258 e. The normalized spacial score (nSPS) is 24.1. The molecule has 3 heterocycles. The highest BCUT2D eigenvalue weighted by Crippen LogP contribution is 2.35. The molecule has 2 aliphatic heterocycles. The van der Waals surface area contributed by atoms with E-state index < -0.39 is 17.7 Å². The van der Waals surface area contributed by atoms with Crippen molar-refractivity contribution in [1.29, 1.82) is 5.26 Å². The minimum atomic E-state index is -0.981. The number of amides is 1. The summed E-state index contributed by atoms with van der Waals surface area (Å²) in [5.74, 6) is -1.35. The number of carbonyl (C=O) groups excluding carboxylic acids is 1. The van der Waals surface area contributed by atoms with Gasteiger partial charge in [-0.25, -0.2) is 0 Å². The topological polar surface area (TPSA) is 102 Å². The van der Waals surface area contributed by atoms with Crippen LogP contribution in [0.3, 0.4) is 0 Å². The highest BCUT2D eigenvalue weighted by molar-refractivity contribution is 5.97. The van der Waals surface area contributed by atoms with Crippen molar-refractivity contribution in [2.24, 2.45) is 5.92 Å². The van der Waals surface area contributed by atoms with Crippen LogP contribution in [-0.2, 0) is 4.79 Å². The van der Waals surface area contributed by atoms with E-state index in [1.54, 1.807) is 6.08 Å². The molecule has 3 unspecified atom stereocenters. The van der Waals surface area contributed by atoms with Crippen molar-refractivity contribution < 1.29 is 4.79 Å². The summed E-state index contributed by atoms with van der Waals surface area (Å²) in [5.41, 5.74) is 0.947. The van der Waals surface area contributed by atoms with E-state index in [1.807, 2.05) is 42.5 Å². The molecule has 1 saturated heterocycles. The molecule has 0 bridgehead atoms. The number of nitrogens with one attached hydrogen (secondary N) is 2. The van der Waals surface area contributed by atoms with Crippen molar-refractivity contribution in [3.8, 4) is 6.07 Å². The predicted molar refractivity (Wildman–Crippen MR) is 111 cm³/mol. The van der Waals surface area contributed by atoms with Gasteiger partial charge in [-0.05, 0) is 31.7 Å². The van der Waals surface area contributed by atoms with Crippen molar-refractivity contribution >= 4 is 23.7 Å². The van der Waals surface area contributed by atoms with Gasteiger partial charge in [0, 0.05) is 18.5 Å². The molecule has 3 atom stereocenters. The van der Waals surface area contributed by atoms with E-state index >= 15 is 0 Å². The molecule has 1 amide bonds. The van der Waals surface area contributed by atoms with Crippen LogP contribution in [0, 0.1) is 17.2 Å². The van der Waals surface area contributed by atoms with E-state index in [4.69, 9.17) is 0 Å². The summed E-state index contributed by atoms with van der Waals surface area (Å²) >= 11 is 0. The van der Waals surface area contributed by atoms with Gasteiger partial charge in [-0.1, -0.05) is 42.5 Å². The second-order valence-electron chi connectivity index (χ2n) is 7.58. The second kappa shape index (κ2) is 7.92. The van der Waals surface area contributed by atoms with Crippen LogP contribution in [0.4, 0.5) is 11.8 Å². The van der Waals surface area contributed by atoms with Crippen LogP contribution in [0.1, 0.15) is 43.2 Å². The van der Waals surface area contributed by atoms with Crippen molar-refractivity contribution in [2.45, 2.75) is 38.1 Å². The average Bonchev–Trinajstić information content (AvgIpc) is 2.72. The Balaban J connectivity index is 1.76. The van der Waals surface area contributed by atoms with Crippen molar-refractivity contribution in [3.63, 3.8) is 0 Å². The fourth-order valence-corrected chi connectivity index (χ4v) is 4.07. The minimum absolute atomic E-state index is 0.251. The number of benzene rings is 1. The Hall–Kier alpha value is -3.40. The number of aromatic nitrogens is 2. The number of carbonyl (C=O) groups is 1. The molecular formula is C22H23N5O2. The van der Waals surface area contributed by atoms with E-state index in [2.05, 4.69) is 27.1 Å². The van der Waals surface area contributed by atoms with Gasteiger partial charge >= 0.3 is 0 Å². The molecule has 4 rings (SSSR count). The summed E-state index contributed by atoms with van der Waals surface area (Å²) in [5, 5.41) is 12.2. The first-order valence-electron chi connectivity index (χ1n) is 9.93. The largest absolute Gasteiger partial charge is 0.340 e. The lowest BCUT2D eigenvalue weighted by Gasteiger charge is -2.35. The lowest BCUT2D eigenvalue weighted by Crippen LogP contribution is -2.42. The highest BCUT2D eigenvalue weighted by Gasteiger charge is 2.38. The summed E-state index contributed by atoms with van der Waals surface area (Å²) in [6.45, 7) is 2.92. The predicted octanol–water partition coefficient (Wildman–Crippen LogP) is 3.04. The zero-order chi connectivity index (χ0) is 20.4. The number of nitriles is 1. The third-order valence-electron chi connectivity index (χ3n) is 5.67. The summed E-state index contributed by atoms with van der Waals surface area (Å²) in [6.07, 6.45) is 6.81. The molecule has 7 heteroatoms. The smallest absolute Gasteiger partial charge is 0.258 e. The Labute approximate surface area is 169 Å². The van der Waals surface area contributed by atoms with Crippen LogP contribution in [-0.4, -0.2) is 28.5 Å². The molecule has 2 aliphatic rings. The Morgan fingerprint density at radius 3 is 2.76 bits per heavy atom. The van der Waals surface area contributed by atoms with E-state index in [1.165, 1.54) is 0 Å². The molecule has 0 spiro atoms. The number of nitrogens with zero attached hydrogens (tertiary/aromatic N) is 3. The molecular weight excluding hydrogens is 366 g/mol. The summed E-state index contributed by atoms with van der Waals surface area (Å²) in [6, 6.07) is 11.9. The Kier molecular flexibility index (Phi) is 5.17. The van der Waals surface area contributed by atoms with Crippen LogP contribution >= 0.6 is 0 Å². The molecule has 2 aromatic rings. The van der Waals surface area contributed by atoms with Crippen LogP contribution in [0.25, 0.3) is 6.08 Å². The van der Waals surface area contributed by atoms with E-state index in [0.717, 1.165) is 31.4 Å². The van der Waals surface area contributed by atoms with Gasteiger partial charge in [-0.2, -0.15) is 10.2 Å². The number of piperidine rings is 1. The number of aromatic amines is 1. The van der Waals surface area contributed by atoms with Gasteiger partial charge in [-0.15, -0.1) is 0 Å². The van der Waals surface area contributed by atoms with Crippen LogP contribution in [0.5, 0.6) is 0 Å². The molecule has 0 aliphatic carbocycles. The van der Waals surface area contributed by atoms with Gasteiger partial charge in [0.05, 0.1) is 11.6 Å². The van der Waals surface area contributed by atoms with Crippen molar-refractivity contribution in [3.05, 3.63) is 57.9 Å². The number of fused-ring (bicyclic) bond motifs is 1. The van der Waals surface area contributed by atoms with E-state index in [9.17, 15) is 14.9 Å². The van der Waals surface area contributed by atoms with E-state index in [0.29, 0.717) is 11.5 Å². The first-order valence-corrected chi connectivity index (χ1v) is 9.93. The van der Waals surface area contributed by atoms with Crippen LogP contribution < -0.4 is 15.8 Å². The number of allylic oxidation sites excluding steroid dienone is 1. The molecule has 1 aromatic carbocycles. The third kappa shape index (κ3) is 3.66. The number of hydrogen-bond acceptors (Lipinski definition) is 5. The molecule has 29 heavy (non-hydrogen) atoms. The lowest BCUT2D eigenvalue weighted by molar-refractivity contribution is -0.119. The molecule has 2 N–H and O–H groups in total. The number of rotatable bonds is 3. The van der Waals surface area contributed by atoms with Gasteiger partial charge < -0.3 is 10.2 Å². The average molecular weight is 389 g/mol. The van der Waals surface area contributed by atoms with Gasteiger partial charge in [-0.3, -0.25) is 14.6 Å². The van der Waals surface area contributed by atoms with Gasteiger partial charge in [0.2, 0.25) is 11.9 Å². The fourth-order valence-electron chi connectivity index (χ4n) is 4.07. The molecule has 0 saturated carbocycles. The summed E-state index contributed by atoms with van der Waals surface area (Å²) < 4.78 is 0. The molecule has 148 valence electrons. The molecule has 1 aromatic heterocycles. The molecule has 0 radical (unpaired) electrons. The van der Waals surface area contributed by atoms with Crippen LogP contribution in [0.2, 0.25) is 0 Å². The van der Waals surface area contributed by atoms with Gasteiger partial charge in [0.15, 0.2) is 0 Å². The zero-order valence-electron chi connectivity index (χ0n) is 16.3. The quantitative estimate of drug-likeness (QED) is 0.840. The van der Waals surface area contributed by atoms with E-state index in [-0.39, 0.29) is 17.4 Å². The van der Waals surface area contributed by atoms with Crippen molar-refractivity contribution in [2.75, 3.05) is 16.8 Å². The monoisotopic (exact) mass is 389 g/mol. The molecule has 7 nitrogen and oxygen atoms in total. The standard InChI is InChI=1S/C22H23N5O2/c1-14-7-5-6-12-27(14)22-25-19-18(21(29)26-22)16(17(13-23)20(28)24-19)11-10-15-8-3-2-4-9-15/h2-4,8-11,14,16-17H,5-7,12H2,1H3,(H2,24,25,26,28,29)/b11-10+. The Morgan fingerprint density at radius 1 is 1.24 bits per heavy atom. The number of hydrogen-bond donors (Lipinski definition) is 2. The molecule has 1 fully saturated rings. The maximum atomic E-state index is 13.0. The number of H-pyrrole nitrogens is 1. The summed E-state index contributed by atoms with van der Waals surface area (Å²) in [7, 11) is 0. The Morgan fingerprint density at radius 2 is 2.03 bits per heavy atom. The fraction of sp³-hybridized carbons (Fsp3) is 0.364. The Bertz CT molecular complexity index is 1040. The number of anilines is 2. The highest BCUT2D eigenvalue weighted by atomic mass is 16.2.